The fourth-order valence-electron chi connectivity index (χ4n) is 2.66. The van der Waals surface area contributed by atoms with Gasteiger partial charge in [0.25, 0.3) is 17.6 Å². The highest BCUT2D eigenvalue weighted by molar-refractivity contribution is 6.48. The van der Waals surface area contributed by atoms with Gasteiger partial charge < -0.3 is 15.2 Å². The predicted molar refractivity (Wildman–Crippen MR) is 102 cm³/mol. The molecule has 0 radical (unpaired) electrons. The number of nitriles is 1. The van der Waals surface area contributed by atoms with Crippen molar-refractivity contribution in [2.45, 2.75) is 25.6 Å². The molecule has 0 aliphatic carbocycles. The normalized spacial score (nSPS) is 12.1. The summed E-state index contributed by atoms with van der Waals surface area (Å²) in [6.07, 6.45) is -4.20. The van der Waals surface area contributed by atoms with Crippen LogP contribution in [-0.2, 0) is 11.8 Å². The number of alkyl halides is 3. The molecular weight excluding hydrogens is 444 g/mol. The Balaban J connectivity index is 2.27. The van der Waals surface area contributed by atoms with Crippen molar-refractivity contribution in [2.75, 3.05) is 5.32 Å². The third-order valence-electron chi connectivity index (χ3n) is 4.24. The van der Waals surface area contributed by atoms with Gasteiger partial charge in [0.05, 0.1) is 16.1 Å². The molecule has 2 aromatic rings. The highest BCUT2D eigenvalue weighted by Crippen LogP contribution is 2.26. The molecule has 164 valence electrons. The third-order valence-corrected chi connectivity index (χ3v) is 4.62. The summed E-state index contributed by atoms with van der Waals surface area (Å²) in [5, 5.41) is 12.4. The van der Waals surface area contributed by atoms with E-state index in [-0.39, 0.29) is 16.9 Å². The molecule has 1 aromatic heterocycles. The van der Waals surface area contributed by atoms with E-state index in [4.69, 9.17) is 16.9 Å². The fourth-order valence-corrected chi connectivity index (χ4v) is 3.01. The molecule has 2 amide bonds. The fraction of sp³-hybridized carbons (Fsp3) is 0.263. The number of Topliss-reactive ketones (excluding diaryl/α,β-unsaturated/α-hetero) is 1. The molecule has 1 aromatic carbocycles. The second-order valence-electron chi connectivity index (χ2n) is 6.38. The van der Waals surface area contributed by atoms with Gasteiger partial charge in [-0.1, -0.05) is 18.5 Å². The highest BCUT2D eigenvalue weighted by Gasteiger charge is 2.40. The number of nitrogens with one attached hydrogen (secondary N) is 2. The Hall–Kier alpha value is -3.39. The van der Waals surface area contributed by atoms with E-state index >= 15 is 0 Å². The Labute approximate surface area is 178 Å². The average molecular weight is 459 g/mol. The first kappa shape index (κ1) is 23.9. The standard InChI is InChI=1S/C19H15ClF4N4O3/c1-3-13(19(22,23)24)27-18(31)16(29)11-8-28(2)15(14(11)20)17(30)26-10-4-5-12(21)9(6-10)7-25/h4-6,8,13H,3H2,1-2H3,(H,26,30)(H,27,31)/t13-/m1/s1. The molecule has 1 atom stereocenters. The van der Waals surface area contributed by atoms with Crippen LogP contribution >= 0.6 is 11.6 Å². The van der Waals surface area contributed by atoms with Crippen LogP contribution in [0.5, 0.6) is 0 Å². The predicted octanol–water partition coefficient (Wildman–Crippen LogP) is 3.58. The van der Waals surface area contributed by atoms with Gasteiger partial charge in [-0.3, -0.25) is 14.4 Å². The first-order valence-electron chi connectivity index (χ1n) is 8.68. The van der Waals surface area contributed by atoms with Gasteiger partial charge in [0.1, 0.15) is 23.6 Å². The van der Waals surface area contributed by atoms with Crippen LogP contribution in [0.15, 0.2) is 24.4 Å². The largest absolute Gasteiger partial charge is 0.408 e. The van der Waals surface area contributed by atoms with Crippen LogP contribution in [0.1, 0.15) is 39.8 Å². The van der Waals surface area contributed by atoms with Crippen LogP contribution in [0.3, 0.4) is 0 Å². The zero-order chi connectivity index (χ0) is 23.5. The van der Waals surface area contributed by atoms with Crippen molar-refractivity contribution in [1.82, 2.24) is 9.88 Å². The molecule has 12 heteroatoms. The molecule has 2 rings (SSSR count). The van der Waals surface area contributed by atoms with Crippen LogP contribution in [-0.4, -0.2) is 34.4 Å². The molecule has 2 N–H and O–H groups in total. The lowest BCUT2D eigenvalue weighted by molar-refractivity contribution is -0.160. The van der Waals surface area contributed by atoms with Crippen molar-refractivity contribution in [2.24, 2.45) is 7.05 Å². The second kappa shape index (κ2) is 9.18. The van der Waals surface area contributed by atoms with Crippen LogP contribution in [0.4, 0.5) is 23.2 Å². The molecule has 0 fully saturated rings. The van der Waals surface area contributed by atoms with Gasteiger partial charge in [-0.2, -0.15) is 18.4 Å². The number of ketones is 1. The van der Waals surface area contributed by atoms with E-state index in [0.29, 0.717) is 0 Å². The van der Waals surface area contributed by atoms with Crippen molar-refractivity contribution in [1.29, 1.82) is 5.26 Å². The van der Waals surface area contributed by atoms with Gasteiger partial charge in [0, 0.05) is 18.9 Å². The Morgan fingerprint density at radius 2 is 1.94 bits per heavy atom. The molecule has 0 spiro atoms. The lowest BCUT2D eigenvalue weighted by Crippen LogP contribution is -2.47. The Bertz CT molecular complexity index is 1090. The number of hydrogen-bond donors (Lipinski definition) is 2. The van der Waals surface area contributed by atoms with Crippen molar-refractivity contribution < 1.29 is 31.9 Å². The SMILES string of the molecule is CC[C@@H](NC(=O)C(=O)c1cn(C)c(C(=O)Nc2ccc(F)c(C#N)c2)c1Cl)C(F)(F)F. The van der Waals surface area contributed by atoms with Crippen molar-refractivity contribution >= 4 is 34.9 Å². The second-order valence-corrected chi connectivity index (χ2v) is 6.76. The summed E-state index contributed by atoms with van der Waals surface area (Å²) in [4.78, 5) is 36.9. The Morgan fingerprint density at radius 1 is 1.29 bits per heavy atom. The summed E-state index contributed by atoms with van der Waals surface area (Å²) in [6.45, 7) is 1.19. The number of amides is 2. The van der Waals surface area contributed by atoms with E-state index < -0.39 is 52.6 Å². The van der Waals surface area contributed by atoms with Gasteiger partial charge in [-0.25, -0.2) is 4.39 Å². The van der Waals surface area contributed by atoms with E-state index in [9.17, 15) is 31.9 Å². The zero-order valence-electron chi connectivity index (χ0n) is 16.1. The lowest BCUT2D eigenvalue weighted by atomic mass is 10.1. The monoisotopic (exact) mass is 458 g/mol. The van der Waals surface area contributed by atoms with E-state index in [1.54, 1.807) is 11.4 Å². The minimum absolute atomic E-state index is 0.0572. The summed E-state index contributed by atoms with van der Waals surface area (Å²) >= 11 is 6.06. The maximum atomic E-state index is 13.4. The average Bonchev–Trinajstić information content (AvgIpc) is 2.99. The number of hydrogen-bond acceptors (Lipinski definition) is 4. The van der Waals surface area contributed by atoms with Gasteiger partial charge in [0.15, 0.2) is 0 Å². The van der Waals surface area contributed by atoms with Crippen LogP contribution in [0.2, 0.25) is 5.02 Å². The number of halogens is 5. The molecule has 0 aliphatic heterocycles. The van der Waals surface area contributed by atoms with Crippen molar-refractivity contribution in [3.8, 4) is 6.07 Å². The van der Waals surface area contributed by atoms with Crippen molar-refractivity contribution in [3.63, 3.8) is 0 Å². The number of benzene rings is 1. The zero-order valence-corrected chi connectivity index (χ0v) is 16.9. The van der Waals surface area contributed by atoms with Crippen LogP contribution in [0, 0.1) is 17.1 Å². The number of anilines is 1. The van der Waals surface area contributed by atoms with Crippen molar-refractivity contribution in [3.05, 3.63) is 52.1 Å². The van der Waals surface area contributed by atoms with Gasteiger partial charge in [0.2, 0.25) is 0 Å². The number of carbonyl (C=O) groups excluding carboxylic acids is 3. The summed E-state index contributed by atoms with van der Waals surface area (Å²) in [6, 6.07) is 2.61. The minimum Gasteiger partial charge on any atom is -0.345 e. The van der Waals surface area contributed by atoms with Gasteiger partial charge >= 0.3 is 6.18 Å². The summed E-state index contributed by atoms with van der Waals surface area (Å²) in [5.41, 5.74) is -1.01. The van der Waals surface area contributed by atoms with E-state index in [0.717, 1.165) is 22.9 Å². The number of nitrogens with zero attached hydrogens (tertiary/aromatic N) is 2. The summed E-state index contributed by atoms with van der Waals surface area (Å²) < 4.78 is 53.0. The smallest absolute Gasteiger partial charge is 0.345 e. The van der Waals surface area contributed by atoms with E-state index in [1.807, 2.05) is 0 Å². The summed E-state index contributed by atoms with van der Waals surface area (Å²) in [7, 11) is 1.32. The van der Waals surface area contributed by atoms with E-state index in [1.165, 1.54) is 20.0 Å². The van der Waals surface area contributed by atoms with Gasteiger partial charge in [-0.15, -0.1) is 0 Å². The van der Waals surface area contributed by atoms with Gasteiger partial charge in [-0.05, 0) is 24.6 Å². The molecule has 0 unspecified atom stereocenters. The van der Waals surface area contributed by atoms with Crippen LogP contribution in [0.25, 0.3) is 0 Å². The van der Waals surface area contributed by atoms with Crippen LogP contribution < -0.4 is 10.6 Å². The first-order chi connectivity index (χ1) is 14.4. The Morgan fingerprint density at radius 3 is 2.48 bits per heavy atom. The quantitative estimate of drug-likeness (QED) is 0.392. The molecule has 7 nitrogen and oxygen atoms in total. The summed E-state index contributed by atoms with van der Waals surface area (Å²) in [5.74, 6) is -4.53. The highest BCUT2D eigenvalue weighted by atomic mass is 35.5. The number of rotatable bonds is 6. The molecule has 1 heterocycles. The maximum Gasteiger partial charge on any atom is 0.408 e. The third kappa shape index (κ3) is 5.21. The molecule has 0 bridgehead atoms. The number of carbonyl (C=O) groups is 3. The molecule has 0 aliphatic rings. The minimum atomic E-state index is -4.74. The molecular formula is C19H15ClF4N4O3. The molecule has 31 heavy (non-hydrogen) atoms. The molecule has 0 saturated carbocycles. The number of aromatic nitrogens is 1. The topological polar surface area (TPSA) is 104 Å². The maximum absolute atomic E-state index is 13.4. The Kier molecular flexibility index (Phi) is 7.07. The first-order valence-corrected chi connectivity index (χ1v) is 9.06. The lowest BCUT2D eigenvalue weighted by Gasteiger charge is -2.19. The number of aryl methyl sites for hydroxylation is 1. The molecule has 0 saturated heterocycles. The van der Waals surface area contributed by atoms with E-state index in [2.05, 4.69) is 5.32 Å².